The monoisotopic (exact) mass is 274 g/mol. The van der Waals surface area contributed by atoms with Crippen LogP contribution in [0.15, 0.2) is 18.2 Å². The first-order valence-corrected chi connectivity index (χ1v) is 5.58. The van der Waals surface area contributed by atoms with E-state index in [2.05, 4.69) is 10.6 Å². The molecule has 1 aromatic carbocycles. The van der Waals surface area contributed by atoms with Gasteiger partial charge >= 0.3 is 12.0 Å². The van der Waals surface area contributed by atoms with Gasteiger partial charge in [-0.2, -0.15) is 0 Å². The van der Waals surface area contributed by atoms with Gasteiger partial charge in [0.05, 0.1) is 10.7 Å². The lowest BCUT2D eigenvalue weighted by Gasteiger charge is -2.08. The first-order valence-electron chi connectivity index (χ1n) is 5.20. The van der Waals surface area contributed by atoms with Crippen molar-refractivity contribution in [3.8, 4) is 0 Å². The number of rotatable bonds is 5. The molecule has 7 heteroatoms. The van der Waals surface area contributed by atoms with Gasteiger partial charge in [-0.1, -0.05) is 11.6 Å². The summed E-state index contributed by atoms with van der Waals surface area (Å²) in [6.07, 6.45) is 0.292. The maximum Gasteiger partial charge on any atom is 0.319 e. The third-order valence-corrected chi connectivity index (χ3v) is 2.36. The number of carbonyl (C=O) groups is 2. The Morgan fingerprint density at radius 3 is 2.78 bits per heavy atom. The molecule has 0 unspecified atom stereocenters. The van der Waals surface area contributed by atoms with Crippen molar-refractivity contribution in [3.05, 3.63) is 29.0 Å². The number of carboxylic acid groups (broad SMARTS) is 1. The second kappa shape index (κ2) is 6.80. The third kappa shape index (κ3) is 5.01. The van der Waals surface area contributed by atoms with Crippen LogP contribution in [0, 0.1) is 5.82 Å². The fourth-order valence-electron chi connectivity index (χ4n) is 1.20. The molecule has 1 rings (SSSR count). The molecule has 0 aliphatic carbocycles. The van der Waals surface area contributed by atoms with Gasteiger partial charge in [-0.25, -0.2) is 9.18 Å². The molecule has 0 aromatic heterocycles. The van der Waals surface area contributed by atoms with Gasteiger partial charge in [0.15, 0.2) is 0 Å². The molecule has 3 N–H and O–H groups in total. The summed E-state index contributed by atoms with van der Waals surface area (Å²) >= 11 is 5.76. The van der Waals surface area contributed by atoms with E-state index in [0.717, 1.165) is 6.07 Å². The minimum atomic E-state index is -0.926. The van der Waals surface area contributed by atoms with E-state index >= 15 is 0 Å². The topological polar surface area (TPSA) is 78.4 Å². The normalized spacial score (nSPS) is 9.89. The number of halogens is 2. The number of nitrogens with one attached hydrogen (secondary N) is 2. The van der Waals surface area contributed by atoms with E-state index in [0.29, 0.717) is 6.42 Å². The van der Waals surface area contributed by atoms with E-state index in [1.54, 1.807) is 0 Å². The number of urea groups is 1. The van der Waals surface area contributed by atoms with Crippen molar-refractivity contribution in [2.75, 3.05) is 11.9 Å². The summed E-state index contributed by atoms with van der Waals surface area (Å²) in [5.41, 5.74) is 0.160. The van der Waals surface area contributed by atoms with Crippen LogP contribution >= 0.6 is 11.6 Å². The Hall–Kier alpha value is -1.82. The number of hydrogen-bond donors (Lipinski definition) is 3. The van der Waals surface area contributed by atoms with Crippen molar-refractivity contribution in [1.29, 1.82) is 0 Å². The average molecular weight is 275 g/mol. The van der Waals surface area contributed by atoms with Gasteiger partial charge < -0.3 is 15.7 Å². The highest BCUT2D eigenvalue weighted by Gasteiger charge is 2.06. The number of hydrogen-bond acceptors (Lipinski definition) is 2. The van der Waals surface area contributed by atoms with Gasteiger partial charge in [0.25, 0.3) is 0 Å². The van der Waals surface area contributed by atoms with Crippen LogP contribution in [0.5, 0.6) is 0 Å². The van der Waals surface area contributed by atoms with Gasteiger partial charge in [-0.15, -0.1) is 0 Å². The van der Waals surface area contributed by atoms with E-state index in [1.165, 1.54) is 12.1 Å². The summed E-state index contributed by atoms with van der Waals surface area (Å²) in [4.78, 5) is 21.6. The zero-order valence-corrected chi connectivity index (χ0v) is 10.1. The third-order valence-electron chi connectivity index (χ3n) is 2.03. The second-order valence-electron chi connectivity index (χ2n) is 3.50. The van der Waals surface area contributed by atoms with Crippen molar-refractivity contribution in [2.24, 2.45) is 0 Å². The van der Waals surface area contributed by atoms with Crippen LogP contribution in [0.25, 0.3) is 0 Å². The van der Waals surface area contributed by atoms with Crippen LogP contribution in [0.4, 0.5) is 14.9 Å². The summed E-state index contributed by atoms with van der Waals surface area (Å²) in [5, 5.41) is 13.4. The SMILES string of the molecule is O=C(O)CCCNC(=O)Nc1cc(F)ccc1Cl. The zero-order valence-electron chi connectivity index (χ0n) is 9.37. The molecular formula is C11H12ClFN2O3. The predicted molar refractivity (Wildman–Crippen MR) is 65.3 cm³/mol. The molecule has 0 saturated heterocycles. The van der Waals surface area contributed by atoms with E-state index < -0.39 is 17.8 Å². The number of carbonyl (C=O) groups excluding carboxylic acids is 1. The lowest BCUT2D eigenvalue weighted by atomic mass is 10.3. The lowest BCUT2D eigenvalue weighted by molar-refractivity contribution is -0.137. The van der Waals surface area contributed by atoms with Crippen LogP contribution in [0.2, 0.25) is 5.02 Å². The van der Waals surface area contributed by atoms with E-state index in [1.807, 2.05) is 0 Å². The Labute approximate surface area is 108 Å². The first-order chi connectivity index (χ1) is 8.49. The average Bonchev–Trinajstić information content (AvgIpc) is 2.29. The van der Waals surface area contributed by atoms with Crippen LogP contribution < -0.4 is 10.6 Å². The summed E-state index contributed by atoms with van der Waals surface area (Å²) in [7, 11) is 0. The van der Waals surface area contributed by atoms with Crippen LogP contribution in [-0.4, -0.2) is 23.7 Å². The first kappa shape index (κ1) is 14.2. The largest absolute Gasteiger partial charge is 0.481 e. The molecule has 0 bridgehead atoms. The van der Waals surface area contributed by atoms with Crippen LogP contribution in [0.3, 0.4) is 0 Å². The molecule has 1 aromatic rings. The molecule has 2 amide bonds. The lowest BCUT2D eigenvalue weighted by Crippen LogP contribution is -2.29. The summed E-state index contributed by atoms with van der Waals surface area (Å²) in [5.74, 6) is -1.44. The predicted octanol–water partition coefficient (Wildman–Crippen LogP) is 2.47. The number of aliphatic carboxylic acids is 1. The van der Waals surface area contributed by atoms with Crippen LogP contribution in [0.1, 0.15) is 12.8 Å². The van der Waals surface area contributed by atoms with Gasteiger partial charge in [0.1, 0.15) is 5.82 Å². The second-order valence-corrected chi connectivity index (χ2v) is 3.91. The summed E-state index contributed by atoms with van der Waals surface area (Å²) in [6.45, 7) is 0.213. The Morgan fingerprint density at radius 1 is 1.39 bits per heavy atom. The molecule has 18 heavy (non-hydrogen) atoms. The maximum absolute atomic E-state index is 12.9. The standard InChI is InChI=1S/C11H12ClFN2O3/c12-8-4-3-7(13)6-9(8)15-11(18)14-5-1-2-10(16)17/h3-4,6H,1-2,5H2,(H,16,17)(H2,14,15,18). The fraction of sp³-hybridized carbons (Fsp3) is 0.273. The Bertz CT molecular complexity index is 454. The van der Waals surface area contributed by atoms with Crippen molar-refractivity contribution >= 4 is 29.3 Å². The highest BCUT2D eigenvalue weighted by molar-refractivity contribution is 6.33. The fourth-order valence-corrected chi connectivity index (χ4v) is 1.37. The quantitative estimate of drug-likeness (QED) is 0.722. The van der Waals surface area contributed by atoms with E-state index in [9.17, 15) is 14.0 Å². The molecule has 0 radical (unpaired) electrons. The molecule has 0 atom stereocenters. The van der Waals surface area contributed by atoms with E-state index in [4.69, 9.17) is 16.7 Å². The molecule has 5 nitrogen and oxygen atoms in total. The van der Waals surface area contributed by atoms with Crippen molar-refractivity contribution in [2.45, 2.75) is 12.8 Å². The van der Waals surface area contributed by atoms with Gasteiger partial charge in [0, 0.05) is 13.0 Å². The Kier molecular flexibility index (Phi) is 5.38. The van der Waals surface area contributed by atoms with E-state index in [-0.39, 0.29) is 23.7 Å². The Balaban J connectivity index is 2.40. The molecule has 98 valence electrons. The molecule has 0 spiro atoms. The van der Waals surface area contributed by atoms with Gasteiger partial charge in [0.2, 0.25) is 0 Å². The molecule has 0 saturated carbocycles. The smallest absolute Gasteiger partial charge is 0.319 e. The van der Waals surface area contributed by atoms with Gasteiger partial charge in [-0.3, -0.25) is 4.79 Å². The number of amides is 2. The van der Waals surface area contributed by atoms with Crippen molar-refractivity contribution in [1.82, 2.24) is 5.32 Å². The maximum atomic E-state index is 12.9. The molecule has 0 fully saturated rings. The Morgan fingerprint density at radius 2 is 2.11 bits per heavy atom. The number of benzene rings is 1. The minimum absolute atomic E-state index is 0.0268. The highest BCUT2D eigenvalue weighted by Crippen LogP contribution is 2.22. The minimum Gasteiger partial charge on any atom is -0.481 e. The van der Waals surface area contributed by atoms with Crippen LogP contribution in [-0.2, 0) is 4.79 Å². The molecule has 0 aliphatic rings. The highest BCUT2D eigenvalue weighted by atomic mass is 35.5. The van der Waals surface area contributed by atoms with Crippen molar-refractivity contribution in [3.63, 3.8) is 0 Å². The number of anilines is 1. The van der Waals surface area contributed by atoms with Crippen molar-refractivity contribution < 1.29 is 19.1 Å². The molecular weight excluding hydrogens is 263 g/mol. The number of carboxylic acids is 1. The molecule has 0 aliphatic heterocycles. The summed E-state index contributed by atoms with van der Waals surface area (Å²) < 4.78 is 12.9. The molecule has 0 heterocycles. The van der Waals surface area contributed by atoms with Gasteiger partial charge in [-0.05, 0) is 24.6 Å². The zero-order chi connectivity index (χ0) is 13.5. The summed E-state index contributed by atoms with van der Waals surface area (Å²) in [6, 6.07) is 3.04.